The number of aliphatic hydroxyl groups excluding tert-OH is 1. The molecule has 1 unspecified atom stereocenters. The molecule has 0 radical (unpaired) electrons. The van der Waals surface area contributed by atoms with Crippen LogP contribution in [0.4, 0.5) is 5.69 Å². The Balaban J connectivity index is 0.000000379. The first-order valence-electron chi connectivity index (χ1n) is 12.5. The van der Waals surface area contributed by atoms with Gasteiger partial charge >= 0.3 is 0 Å². The summed E-state index contributed by atoms with van der Waals surface area (Å²) in [6, 6.07) is 21.8. The maximum atomic E-state index is 11.3. The van der Waals surface area contributed by atoms with Crippen LogP contribution >= 0.6 is 0 Å². The molecule has 0 aliphatic carbocycles. The monoisotopic (exact) mass is 527 g/mol. The third kappa shape index (κ3) is 6.10. The number of anilines is 1. The number of aromatic amines is 1. The molecule has 4 aromatic rings. The molecule has 3 aromatic carbocycles. The molecule has 202 valence electrons. The topological polar surface area (TPSA) is 115 Å². The number of nitrogens with one attached hydrogen (secondary N) is 2. The number of fused-ring (bicyclic) bond motifs is 1. The summed E-state index contributed by atoms with van der Waals surface area (Å²) in [5.41, 5.74) is 3.49. The molecule has 2 heterocycles. The predicted octanol–water partition coefficient (Wildman–Crippen LogP) is 5.17. The lowest BCUT2D eigenvalue weighted by Crippen LogP contribution is -2.37. The van der Waals surface area contributed by atoms with Crippen LogP contribution in [-0.2, 0) is 0 Å². The van der Waals surface area contributed by atoms with E-state index in [9.17, 15) is 9.90 Å². The van der Waals surface area contributed by atoms with Crippen molar-refractivity contribution in [1.82, 2.24) is 14.9 Å². The number of para-hydroxylation sites is 2. The number of hydrogen-bond acceptors (Lipinski definition) is 7. The fraction of sp³-hybridized carbons (Fsp3) is 0.233. The van der Waals surface area contributed by atoms with Crippen molar-refractivity contribution < 1.29 is 19.4 Å². The zero-order valence-corrected chi connectivity index (χ0v) is 22.5. The highest BCUT2D eigenvalue weighted by Gasteiger charge is 2.40. The van der Waals surface area contributed by atoms with Gasteiger partial charge in [-0.3, -0.25) is 10.2 Å². The number of methoxy groups -OCH3 is 2. The number of carbonyl (C=O) groups is 1. The molecule has 1 aromatic heterocycles. The molecular formula is C30H33N5O4. The van der Waals surface area contributed by atoms with Gasteiger partial charge in [-0.15, -0.1) is 0 Å². The maximum absolute atomic E-state index is 11.3. The van der Waals surface area contributed by atoms with Gasteiger partial charge in [0.05, 0.1) is 42.6 Å². The van der Waals surface area contributed by atoms with Crippen molar-refractivity contribution in [2.24, 2.45) is 0 Å². The average molecular weight is 528 g/mol. The Hall–Kier alpha value is -4.63. The van der Waals surface area contributed by atoms with Gasteiger partial charge in [0.25, 0.3) is 0 Å². The predicted molar refractivity (Wildman–Crippen MR) is 154 cm³/mol. The Kier molecular flexibility index (Phi) is 8.63. The number of aromatic nitrogens is 2. The fourth-order valence-electron chi connectivity index (χ4n) is 4.41. The van der Waals surface area contributed by atoms with Gasteiger partial charge in [-0.25, -0.2) is 4.98 Å². The minimum atomic E-state index is -0.407. The van der Waals surface area contributed by atoms with Crippen LogP contribution in [0.2, 0.25) is 0 Å². The van der Waals surface area contributed by atoms with Crippen molar-refractivity contribution in [2.75, 3.05) is 39.8 Å². The Bertz CT molecular complexity index is 1420. The summed E-state index contributed by atoms with van der Waals surface area (Å²) in [4.78, 5) is 21.7. The van der Waals surface area contributed by atoms with Gasteiger partial charge in [0.15, 0.2) is 0 Å². The Morgan fingerprint density at radius 2 is 1.67 bits per heavy atom. The molecular weight excluding hydrogens is 494 g/mol. The van der Waals surface area contributed by atoms with E-state index in [4.69, 9.17) is 14.9 Å². The molecule has 1 atom stereocenters. The van der Waals surface area contributed by atoms with Gasteiger partial charge in [-0.05, 0) is 39.2 Å². The minimum Gasteiger partial charge on any atom is -0.509 e. The van der Waals surface area contributed by atoms with Crippen LogP contribution in [-0.4, -0.2) is 73.0 Å². The molecule has 3 N–H and O–H groups in total. The molecule has 5 rings (SSSR count). The van der Waals surface area contributed by atoms with Crippen LogP contribution < -0.4 is 14.4 Å². The second-order valence-electron chi connectivity index (χ2n) is 9.29. The van der Waals surface area contributed by atoms with E-state index in [0.29, 0.717) is 35.0 Å². The van der Waals surface area contributed by atoms with E-state index >= 15 is 0 Å². The highest BCUT2D eigenvalue weighted by atomic mass is 16.5. The van der Waals surface area contributed by atoms with Crippen molar-refractivity contribution in [1.29, 1.82) is 5.41 Å². The first-order chi connectivity index (χ1) is 18.9. The number of rotatable bonds is 8. The number of carbonyl (C=O) groups excluding carboxylic acids is 1. The number of aldehydes is 1. The van der Waals surface area contributed by atoms with E-state index in [-0.39, 0.29) is 11.6 Å². The number of benzene rings is 3. The SMILES string of the molecule is COc1cc(OC)cc(N2C(=N)C(c3nc4ccccc4[nH]3)=C(O)C2CCN(C)C)c1.O=Cc1ccccc1. The number of imidazole rings is 1. The lowest BCUT2D eigenvalue weighted by molar-refractivity contribution is 0.112. The summed E-state index contributed by atoms with van der Waals surface area (Å²) in [5, 5.41) is 20.2. The van der Waals surface area contributed by atoms with Crippen LogP contribution in [0.25, 0.3) is 16.6 Å². The van der Waals surface area contributed by atoms with Crippen molar-refractivity contribution in [2.45, 2.75) is 12.5 Å². The third-order valence-corrected chi connectivity index (χ3v) is 6.39. The molecule has 0 saturated carbocycles. The fourth-order valence-corrected chi connectivity index (χ4v) is 4.41. The Morgan fingerprint density at radius 1 is 1.03 bits per heavy atom. The molecule has 0 fully saturated rings. The number of nitrogens with zero attached hydrogens (tertiary/aromatic N) is 3. The molecule has 0 bridgehead atoms. The number of amidine groups is 1. The molecule has 1 aliphatic rings. The van der Waals surface area contributed by atoms with Crippen LogP contribution in [0.3, 0.4) is 0 Å². The van der Waals surface area contributed by atoms with Crippen molar-refractivity contribution in [3.63, 3.8) is 0 Å². The molecule has 0 amide bonds. The normalized spacial score (nSPS) is 14.9. The quantitative estimate of drug-likeness (QED) is 0.271. The van der Waals surface area contributed by atoms with Crippen molar-refractivity contribution >= 4 is 34.4 Å². The molecule has 39 heavy (non-hydrogen) atoms. The summed E-state index contributed by atoms with van der Waals surface area (Å²) in [7, 11) is 7.15. The first-order valence-corrected chi connectivity index (χ1v) is 12.5. The lowest BCUT2D eigenvalue weighted by atomic mass is 10.1. The van der Waals surface area contributed by atoms with Gasteiger partial charge in [-0.2, -0.15) is 0 Å². The van der Waals surface area contributed by atoms with Crippen molar-refractivity contribution in [3.05, 3.63) is 89.9 Å². The van der Waals surface area contributed by atoms with Crippen LogP contribution in [0, 0.1) is 5.41 Å². The van der Waals surface area contributed by atoms with Gasteiger partial charge in [0.1, 0.15) is 35.2 Å². The number of aliphatic hydroxyl groups is 1. The van der Waals surface area contributed by atoms with E-state index in [0.717, 1.165) is 29.4 Å². The highest BCUT2D eigenvalue weighted by molar-refractivity contribution is 6.31. The maximum Gasteiger partial charge on any atom is 0.150 e. The zero-order chi connectivity index (χ0) is 27.9. The second kappa shape index (κ2) is 12.3. The van der Waals surface area contributed by atoms with Crippen LogP contribution in [0.15, 0.2) is 78.6 Å². The Labute approximate surface area is 227 Å². The summed E-state index contributed by atoms with van der Waals surface area (Å²) in [5.74, 6) is 2.02. The Morgan fingerprint density at radius 3 is 2.23 bits per heavy atom. The first kappa shape index (κ1) is 27.4. The molecule has 1 aliphatic heterocycles. The van der Waals surface area contributed by atoms with Crippen LogP contribution in [0.1, 0.15) is 22.6 Å². The second-order valence-corrected chi connectivity index (χ2v) is 9.29. The molecule has 9 nitrogen and oxygen atoms in total. The van der Waals surface area contributed by atoms with E-state index in [1.807, 2.05) is 73.6 Å². The molecule has 9 heteroatoms. The van der Waals surface area contributed by atoms with Crippen molar-refractivity contribution in [3.8, 4) is 11.5 Å². The van der Waals surface area contributed by atoms with E-state index < -0.39 is 6.04 Å². The van der Waals surface area contributed by atoms with Gasteiger partial charge in [-0.1, -0.05) is 42.5 Å². The third-order valence-electron chi connectivity index (χ3n) is 6.39. The highest BCUT2D eigenvalue weighted by Crippen LogP contribution is 2.39. The minimum absolute atomic E-state index is 0.132. The van der Waals surface area contributed by atoms with Gasteiger partial charge < -0.3 is 29.4 Å². The lowest BCUT2D eigenvalue weighted by Gasteiger charge is -2.28. The smallest absolute Gasteiger partial charge is 0.150 e. The zero-order valence-electron chi connectivity index (χ0n) is 22.5. The van der Waals surface area contributed by atoms with Crippen LogP contribution in [0.5, 0.6) is 11.5 Å². The van der Waals surface area contributed by atoms with E-state index in [2.05, 4.69) is 14.9 Å². The molecule has 0 spiro atoms. The largest absolute Gasteiger partial charge is 0.509 e. The standard InChI is InChI=1S/C23H27N5O3.C7H6O/c1-27(2)10-9-19-21(29)20(23-25-17-7-5-6-8-18(17)26-23)22(24)28(19)14-11-15(30-3)13-16(12-14)31-4;8-6-7-4-2-1-3-5-7/h5-8,11-13,19,24,29H,9-10H2,1-4H3,(H,25,26);1-6H. The summed E-state index contributed by atoms with van der Waals surface area (Å²) in [6.07, 6.45) is 1.46. The van der Waals surface area contributed by atoms with Gasteiger partial charge in [0, 0.05) is 23.8 Å². The summed E-state index contributed by atoms with van der Waals surface area (Å²) in [6.45, 7) is 0.743. The average Bonchev–Trinajstić information content (AvgIpc) is 3.49. The summed E-state index contributed by atoms with van der Waals surface area (Å²) >= 11 is 0. The number of H-pyrrole nitrogens is 1. The van der Waals surface area contributed by atoms with Gasteiger partial charge in [0.2, 0.25) is 0 Å². The number of hydrogen-bond donors (Lipinski definition) is 3. The molecule has 0 saturated heterocycles. The summed E-state index contributed by atoms with van der Waals surface area (Å²) < 4.78 is 10.8. The van der Waals surface area contributed by atoms with E-state index in [1.165, 1.54) is 0 Å². The number of ether oxygens (including phenoxy) is 2. The van der Waals surface area contributed by atoms with E-state index in [1.54, 1.807) is 32.4 Å².